The number of hydrogen-bond donors (Lipinski definition) is 2. The van der Waals surface area contributed by atoms with Crippen LogP contribution in [0.15, 0.2) is 28.8 Å². The molecular weight excluding hydrogens is 280 g/mol. The molecule has 0 spiro atoms. The SMILES string of the molecule is Cc1noc(-c2ccccc2C(=O)NC2CCNCC2C)n1. The van der Waals surface area contributed by atoms with Gasteiger partial charge in [0.1, 0.15) is 0 Å². The van der Waals surface area contributed by atoms with Crippen molar-refractivity contribution >= 4 is 5.91 Å². The average molecular weight is 300 g/mol. The second kappa shape index (κ2) is 6.27. The molecule has 116 valence electrons. The fourth-order valence-corrected chi connectivity index (χ4v) is 2.75. The predicted molar refractivity (Wildman–Crippen MR) is 82.4 cm³/mol. The summed E-state index contributed by atoms with van der Waals surface area (Å²) in [5, 5.41) is 10.3. The third kappa shape index (κ3) is 3.01. The maximum Gasteiger partial charge on any atom is 0.258 e. The molecular formula is C16H20N4O2. The van der Waals surface area contributed by atoms with Gasteiger partial charge in [0, 0.05) is 6.04 Å². The lowest BCUT2D eigenvalue weighted by molar-refractivity contribution is 0.0914. The molecule has 6 nitrogen and oxygen atoms in total. The number of carbonyl (C=O) groups excluding carboxylic acids is 1. The van der Waals surface area contributed by atoms with Crippen molar-refractivity contribution in [2.75, 3.05) is 13.1 Å². The Bertz CT molecular complexity index is 668. The van der Waals surface area contributed by atoms with Gasteiger partial charge in [-0.1, -0.05) is 24.2 Å². The molecule has 0 saturated carbocycles. The number of hydrogen-bond acceptors (Lipinski definition) is 5. The van der Waals surface area contributed by atoms with Crippen LogP contribution in [-0.2, 0) is 0 Å². The highest BCUT2D eigenvalue weighted by Gasteiger charge is 2.24. The molecule has 2 N–H and O–H groups in total. The molecule has 1 aromatic heterocycles. The van der Waals surface area contributed by atoms with Crippen LogP contribution in [0.4, 0.5) is 0 Å². The van der Waals surface area contributed by atoms with Crippen molar-refractivity contribution in [1.82, 2.24) is 20.8 Å². The van der Waals surface area contributed by atoms with Gasteiger partial charge < -0.3 is 15.2 Å². The molecule has 1 aliphatic rings. The highest BCUT2D eigenvalue weighted by molar-refractivity contribution is 6.00. The van der Waals surface area contributed by atoms with Crippen molar-refractivity contribution in [1.29, 1.82) is 0 Å². The van der Waals surface area contributed by atoms with Crippen molar-refractivity contribution in [2.24, 2.45) is 5.92 Å². The fraction of sp³-hybridized carbons (Fsp3) is 0.438. The van der Waals surface area contributed by atoms with Gasteiger partial charge >= 0.3 is 0 Å². The monoisotopic (exact) mass is 300 g/mol. The maximum atomic E-state index is 12.6. The van der Waals surface area contributed by atoms with Crippen LogP contribution >= 0.6 is 0 Å². The van der Waals surface area contributed by atoms with E-state index in [0.29, 0.717) is 28.8 Å². The van der Waals surface area contributed by atoms with Crippen LogP contribution in [0.5, 0.6) is 0 Å². The molecule has 3 rings (SSSR count). The molecule has 1 aromatic carbocycles. The van der Waals surface area contributed by atoms with E-state index in [1.165, 1.54) is 0 Å². The topological polar surface area (TPSA) is 80.0 Å². The molecule has 2 heterocycles. The van der Waals surface area contributed by atoms with E-state index in [4.69, 9.17) is 4.52 Å². The average Bonchev–Trinajstić information content (AvgIpc) is 2.96. The van der Waals surface area contributed by atoms with Gasteiger partial charge in [-0.15, -0.1) is 0 Å². The van der Waals surface area contributed by atoms with Crippen molar-refractivity contribution in [3.63, 3.8) is 0 Å². The van der Waals surface area contributed by atoms with Crippen LogP contribution in [0, 0.1) is 12.8 Å². The summed E-state index contributed by atoms with van der Waals surface area (Å²) in [6, 6.07) is 7.50. The number of benzene rings is 1. The Labute approximate surface area is 129 Å². The quantitative estimate of drug-likeness (QED) is 0.903. The molecule has 1 saturated heterocycles. The first kappa shape index (κ1) is 14.7. The van der Waals surface area contributed by atoms with Gasteiger partial charge in [0.15, 0.2) is 5.82 Å². The van der Waals surface area contributed by atoms with E-state index in [1.54, 1.807) is 13.0 Å². The number of carbonyl (C=O) groups is 1. The highest BCUT2D eigenvalue weighted by atomic mass is 16.5. The number of nitrogens with one attached hydrogen (secondary N) is 2. The van der Waals surface area contributed by atoms with Gasteiger partial charge in [-0.3, -0.25) is 4.79 Å². The minimum absolute atomic E-state index is 0.0924. The van der Waals surface area contributed by atoms with E-state index in [0.717, 1.165) is 19.5 Å². The zero-order chi connectivity index (χ0) is 15.5. The van der Waals surface area contributed by atoms with Gasteiger partial charge in [0.2, 0.25) is 0 Å². The number of aryl methyl sites for hydroxylation is 1. The Morgan fingerprint density at radius 3 is 2.95 bits per heavy atom. The van der Waals surface area contributed by atoms with E-state index in [1.807, 2.05) is 18.2 Å². The molecule has 1 aliphatic heterocycles. The first-order valence-corrected chi connectivity index (χ1v) is 7.56. The van der Waals surface area contributed by atoms with Gasteiger partial charge in [-0.25, -0.2) is 0 Å². The van der Waals surface area contributed by atoms with Gasteiger partial charge in [0.25, 0.3) is 11.8 Å². The summed E-state index contributed by atoms with van der Waals surface area (Å²) in [6.07, 6.45) is 0.939. The van der Waals surface area contributed by atoms with E-state index >= 15 is 0 Å². The molecule has 2 unspecified atom stereocenters. The van der Waals surface area contributed by atoms with E-state index in [2.05, 4.69) is 27.7 Å². The minimum atomic E-state index is -0.0924. The van der Waals surface area contributed by atoms with Crippen LogP contribution in [0.3, 0.4) is 0 Å². The number of piperidine rings is 1. The molecule has 1 fully saturated rings. The first-order chi connectivity index (χ1) is 10.6. The number of aromatic nitrogens is 2. The normalized spacial score (nSPS) is 21.5. The molecule has 2 aromatic rings. The third-order valence-corrected chi connectivity index (χ3v) is 4.03. The Morgan fingerprint density at radius 1 is 1.41 bits per heavy atom. The summed E-state index contributed by atoms with van der Waals surface area (Å²) >= 11 is 0. The lowest BCUT2D eigenvalue weighted by Gasteiger charge is -2.30. The number of amides is 1. The van der Waals surface area contributed by atoms with Crippen molar-refractivity contribution in [3.05, 3.63) is 35.7 Å². The van der Waals surface area contributed by atoms with Crippen molar-refractivity contribution in [3.8, 4) is 11.5 Å². The molecule has 2 atom stereocenters. The van der Waals surface area contributed by atoms with Crippen LogP contribution < -0.4 is 10.6 Å². The van der Waals surface area contributed by atoms with E-state index in [9.17, 15) is 4.79 Å². The van der Waals surface area contributed by atoms with Crippen LogP contribution in [0.1, 0.15) is 29.5 Å². The summed E-state index contributed by atoms with van der Waals surface area (Å²) in [7, 11) is 0. The van der Waals surface area contributed by atoms with Gasteiger partial charge in [-0.05, 0) is 44.5 Å². The minimum Gasteiger partial charge on any atom is -0.349 e. The largest absolute Gasteiger partial charge is 0.349 e. The molecule has 22 heavy (non-hydrogen) atoms. The Balaban J connectivity index is 1.83. The number of rotatable bonds is 3. The molecule has 0 bridgehead atoms. The van der Waals surface area contributed by atoms with Crippen LogP contribution in [-0.4, -0.2) is 35.2 Å². The lowest BCUT2D eigenvalue weighted by Crippen LogP contribution is -2.48. The fourth-order valence-electron chi connectivity index (χ4n) is 2.75. The van der Waals surface area contributed by atoms with Crippen LogP contribution in [0.25, 0.3) is 11.5 Å². The zero-order valence-corrected chi connectivity index (χ0v) is 12.8. The lowest BCUT2D eigenvalue weighted by atomic mass is 9.94. The summed E-state index contributed by atoms with van der Waals surface area (Å²) in [6.45, 7) is 5.76. The summed E-state index contributed by atoms with van der Waals surface area (Å²) in [4.78, 5) is 16.9. The van der Waals surface area contributed by atoms with Crippen molar-refractivity contribution < 1.29 is 9.32 Å². The van der Waals surface area contributed by atoms with E-state index in [-0.39, 0.29) is 11.9 Å². The Morgan fingerprint density at radius 2 is 2.23 bits per heavy atom. The second-order valence-corrected chi connectivity index (χ2v) is 5.74. The standard InChI is InChI=1S/C16H20N4O2/c1-10-9-17-8-7-14(10)19-15(21)12-5-3-4-6-13(12)16-18-11(2)20-22-16/h3-6,10,14,17H,7-9H2,1-2H3,(H,19,21). The second-order valence-electron chi connectivity index (χ2n) is 5.74. The molecule has 0 aliphatic carbocycles. The molecule has 1 amide bonds. The summed E-state index contributed by atoms with van der Waals surface area (Å²) in [5.41, 5.74) is 1.24. The Kier molecular flexibility index (Phi) is 4.20. The third-order valence-electron chi connectivity index (χ3n) is 4.03. The van der Waals surface area contributed by atoms with Crippen LogP contribution in [0.2, 0.25) is 0 Å². The zero-order valence-electron chi connectivity index (χ0n) is 12.8. The number of nitrogens with zero attached hydrogens (tertiary/aromatic N) is 2. The van der Waals surface area contributed by atoms with E-state index < -0.39 is 0 Å². The Hall–Kier alpha value is -2.21. The smallest absolute Gasteiger partial charge is 0.258 e. The molecule has 0 radical (unpaired) electrons. The van der Waals surface area contributed by atoms with Gasteiger partial charge in [0.05, 0.1) is 11.1 Å². The highest BCUT2D eigenvalue weighted by Crippen LogP contribution is 2.22. The molecule has 6 heteroatoms. The van der Waals surface area contributed by atoms with Gasteiger partial charge in [-0.2, -0.15) is 4.98 Å². The first-order valence-electron chi connectivity index (χ1n) is 7.56. The van der Waals surface area contributed by atoms with Crippen molar-refractivity contribution in [2.45, 2.75) is 26.3 Å². The summed E-state index contributed by atoms with van der Waals surface area (Å²) < 4.78 is 5.20. The maximum absolute atomic E-state index is 12.6. The summed E-state index contributed by atoms with van der Waals surface area (Å²) in [5.74, 6) is 1.25. The predicted octanol–water partition coefficient (Wildman–Crippen LogP) is 1.77.